The molecule has 2 saturated heterocycles. The van der Waals surface area contributed by atoms with E-state index in [1.807, 2.05) is 18.2 Å². The normalized spacial score (nSPS) is 18.6. The first-order valence-corrected chi connectivity index (χ1v) is 11.7. The summed E-state index contributed by atoms with van der Waals surface area (Å²) < 4.78 is 16.5. The van der Waals surface area contributed by atoms with Crippen LogP contribution in [-0.2, 0) is 9.47 Å². The molecule has 0 saturated carbocycles. The van der Waals surface area contributed by atoms with Gasteiger partial charge in [-0.15, -0.1) is 0 Å². The summed E-state index contributed by atoms with van der Waals surface area (Å²) in [5.41, 5.74) is 2.84. The first-order valence-electron chi connectivity index (χ1n) is 11.7. The molecule has 3 aromatic rings. The number of ether oxygens (including phenoxy) is 3. The van der Waals surface area contributed by atoms with Crippen molar-refractivity contribution in [1.82, 2.24) is 24.8 Å². The third-order valence-electron chi connectivity index (χ3n) is 6.23. The van der Waals surface area contributed by atoms with Gasteiger partial charge in [0.05, 0.1) is 38.4 Å². The standard InChI is InChI=1S/C23H31N7O4/c1-32-19-12-15(18(31)13-30-6-10-34-11-7-30)2-3-17(19)27-23-28-21-20(24-14-25-21)22(29-23)26-16-4-8-33-9-5-16/h2-3,12,14,16,18,31H,4-11,13H2,1H3,(H3,24,25,26,27,28,29). The second-order valence-electron chi connectivity index (χ2n) is 8.54. The second-order valence-corrected chi connectivity index (χ2v) is 8.54. The fourth-order valence-corrected chi connectivity index (χ4v) is 4.30. The van der Waals surface area contributed by atoms with Gasteiger partial charge in [-0.1, -0.05) is 6.07 Å². The van der Waals surface area contributed by atoms with Crippen LogP contribution < -0.4 is 15.4 Å². The topological polar surface area (TPSA) is 130 Å². The van der Waals surface area contributed by atoms with Crippen LogP contribution in [-0.4, -0.2) is 89.2 Å². The van der Waals surface area contributed by atoms with Crippen LogP contribution in [0.1, 0.15) is 24.5 Å². The van der Waals surface area contributed by atoms with Crippen LogP contribution in [0, 0.1) is 0 Å². The number of aromatic amines is 1. The van der Waals surface area contributed by atoms with Gasteiger partial charge >= 0.3 is 0 Å². The number of H-pyrrole nitrogens is 1. The molecule has 0 spiro atoms. The molecular formula is C23H31N7O4. The molecule has 11 nitrogen and oxygen atoms in total. The molecule has 4 N–H and O–H groups in total. The van der Waals surface area contributed by atoms with E-state index < -0.39 is 6.10 Å². The van der Waals surface area contributed by atoms with Crippen molar-refractivity contribution in [2.45, 2.75) is 25.0 Å². The maximum absolute atomic E-state index is 10.7. The SMILES string of the molecule is COc1cc(C(O)CN2CCOCC2)ccc1Nc1nc(NC2CCOCC2)c2nc[nH]c2n1. The molecule has 4 heterocycles. The summed E-state index contributed by atoms with van der Waals surface area (Å²) >= 11 is 0. The second kappa shape index (κ2) is 10.5. The number of nitrogens with zero attached hydrogens (tertiary/aromatic N) is 4. The molecular weight excluding hydrogens is 438 g/mol. The summed E-state index contributed by atoms with van der Waals surface area (Å²) in [5.74, 6) is 1.70. The van der Waals surface area contributed by atoms with Crippen LogP contribution in [0.3, 0.4) is 0 Å². The molecule has 2 aromatic heterocycles. The molecule has 34 heavy (non-hydrogen) atoms. The van der Waals surface area contributed by atoms with Crippen LogP contribution in [0.4, 0.5) is 17.5 Å². The molecule has 1 atom stereocenters. The average Bonchev–Trinajstić information content (AvgIpc) is 3.34. The number of fused-ring (bicyclic) bond motifs is 1. The number of imidazole rings is 1. The van der Waals surface area contributed by atoms with Gasteiger partial charge in [-0.3, -0.25) is 4.90 Å². The lowest BCUT2D eigenvalue weighted by atomic mass is 10.1. The predicted molar refractivity (Wildman–Crippen MR) is 128 cm³/mol. The Morgan fingerprint density at radius 1 is 1.18 bits per heavy atom. The van der Waals surface area contributed by atoms with Crippen LogP contribution in [0.25, 0.3) is 11.2 Å². The van der Waals surface area contributed by atoms with E-state index in [4.69, 9.17) is 19.2 Å². The Balaban J connectivity index is 1.34. The maximum atomic E-state index is 10.7. The number of benzene rings is 1. The number of nitrogens with one attached hydrogen (secondary N) is 3. The number of hydrogen-bond donors (Lipinski definition) is 4. The lowest BCUT2D eigenvalue weighted by molar-refractivity contribution is 0.0143. The molecule has 2 aliphatic rings. The van der Waals surface area contributed by atoms with Gasteiger partial charge in [-0.2, -0.15) is 9.97 Å². The lowest BCUT2D eigenvalue weighted by Gasteiger charge is -2.28. The number of aliphatic hydroxyl groups is 1. The van der Waals surface area contributed by atoms with Gasteiger partial charge in [-0.25, -0.2) is 4.98 Å². The Morgan fingerprint density at radius 2 is 1.97 bits per heavy atom. The Hall–Kier alpha value is -2.99. The summed E-state index contributed by atoms with van der Waals surface area (Å²) in [4.78, 5) is 18.9. The Morgan fingerprint density at radius 3 is 2.76 bits per heavy atom. The highest BCUT2D eigenvalue weighted by molar-refractivity contribution is 5.84. The summed E-state index contributed by atoms with van der Waals surface area (Å²) in [5, 5.41) is 17.5. The van der Waals surface area contributed by atoms with E-state index in [2.05, 4.69) is 30.5 Å². The van der Waals surface area contributed by atoms with Crippen LogP contribution in [0.5, 0.6) is 5.75 Å². The van der Waals surface area contributed by atoms with Crippen molar-refractivity contribution in [3.8, 4) is 5.75 Å². The molecule has 0 amide bonds. The quantitative estimate of drug-likeness (QED) is 0.389. The first kappa shape index (κ1) is 22.8. The van der Waals surface area contributed by atoms with Gasteiger partial charge in [0, 0.05) is 38.9 Å². The minimum atomic E-state index is -0.617. The van der Waals surface area contributed by atoms with Gasteiger partial charge in [0.15, 0.2) is 11.5 Å². The largest absolute Gasteiger partial charge is 0.495 e. The minimum absolute atomic E-state index is 0.276. The minimum Gasteiger partial charge on any atom is -0.495 e. The van der Waals surface area contributed by atoms with Crippen molar-refractivity contribution >= 4 is 28.6 Å². The van der Waals surface area contributed by atoms with Crippen LogP contribution in [0.15, 0.2) is 24.5 Å². The first-order chi connectivity index (χ1) is 16.7. The lowest BCUT2D eigenvalue weighted by Crippen LogP contribution is -2.38. The molecule has 5 rings (SSSR count). The van der Waals surface area contributed by atoms with Crippen LogP contribution >= 0.6 is 0 Å². The summed E-state index contributed by atoms with van der Waals surface area (Å²) in [6.07, 6.45) is 2.83. The summed E-state index contributed by atoms with van der Waals surface area (Å²) in [6, 6.07) is 5.90. The Bertz CT molecular complexity index is 1100. The van der Waals surface area contributed by atoms with E-state index in [9.17, 15) is 5.11 Å². The van der Waals surface area contributed by atoms with Gasteiger partial charge < -0.3 is 34.9 Å². The van der Waals surface area contributed by atoms with E-state index in [1.54, 1.807) is 13.4 Å². The van der Waals surface area contributed by atoms with Gasteiger partial charge in [0.1, 0.15) is 11.3 Å². The Labute approximate surface area is 197 Å². The van der Waals surface area contributed by atoms with Gasteiger partial charge in [0.25, 0.3) is 0 Å². The zero-order chi connectivity index (χ0) is 23.3. The summed E-state index contributed by atoms with van der Waals surface area (Å²) in [7, 11) is 1.61. The number of hydrogen-bond acceptors (Lipinski definition) is 10. The predicted octanol–water partition coefficient (Wildman–Crippen LogP) is 2.06. The van der Waals surface area contributed by atoms with Crippen molar-refractivity contribution < 1.29 is 19.3 Å². The molecule has 182 valence electrons. The number of rotatable bonds is 8. The van der Waals surface area contributed by atoms with Crippen molar-refractivity contribution in [1.29, 1.82) is 0 Å². The molecule has 0 aliphatic carbocycles. The molecule has 11 heteroatoms. The number of β-amino-alcohol motifs (C(OH)–C–C–N with tert-alkyl or cyclic N) is 1. The van der Waals surface area contributed by atoms with E-state index in [1.165, 1.54) is 0 Å². The van der Waals surface area contributed by atoms with Crippen molar-refractivity contribution in [3.63, 3.8) is 0 Å². The van der Waals surface area contributed by atoms with E-state index in [-0.39, 0.29) is 6.04 Å². The zero-order valence-corrected chi connectivity index (χ0v) is 19.3. The monoisotopic (exact) mass is 469 g/mol. The highest BCUT2D eigenvalue weighted by atomic mass is 16.5. The highest BCUT2D eigenvalue weighted by Gasteiger charge is 2.20. The van der Waals surface area contributed by atoms with Gasteiger partial charge in [0.2, 0.25) is 5.95 Å². The highest BCUT2D eigenvalue weighted by Crippen LogP contribution is 2.31. The number of aliphatic hydroxyl groups excluding tert-OH is 1. The average molecular weight is 470 g/mol. The summed E-state index contributed by atoms with van der Waals surface area (Å²) in [6.45, 7) is 5.07. The molecule has 1 unspecified atom stereocenters. The maximum Gasteiger partial charge on any atom is 0.231 e. The van der Waals surface area contributed by atoms with Crippen molar-refractivity contribution in [2.75, 3.05) is 63.8 Å². The number of anilines is 3. The van der Waals surface area contributed by atoms with E-state index >= 15 is 0 Å². The fourth-order valence-electron chi connectivity index (χ4n) is 4.30. The third kappa shape index (κ3) is 5.22. The van der Waals surface area contributed by atoms with Crippen molar-refractivity contribution in [2.24, 2.45) is 0 Å². The smallest absolute Gasteiger partial charge is 0.231 e. The fraction of sp³-hybridized carbons (Fsp3) is 0.522. The third-order valence-corrected chi connectivity index (χ3v) is 6.23. The van der Waals surface area contributed by atoms with Gasteiger partial charge in [-0.05, 0) is 30.5 Å². The number of aromatic nitrogens is 4. The number of methoxy groups -OCH3 is 1. The molecule has 1 aromatic carbocycles. The molecule has 0 radical (unpaired) electrons. The zero-order valence-electron chi connectivity index (χ0n) is 19.3. The van der Waals surface area contributed by atoms with Crippen LogP contribution in [0.2, 0.25) is 0 Å². The Kier molecular flexibility index (Phi) is 7.05. The van der Waals surface area contributed by atoms with Crippen molar-refractivity contribution in [3.05, 3.63) is 30.1 Å². The molecule has 2 aliphatic heterocycles. The number of morpholine rings is 1. The van der Waals surface area contributed by atoms with E-state index in [0.29, 0.717) is 54.1 Å². The molecule has 2 fully saturated rings. The van der Waals surface area contributed by atoms with E-state index in [0.717, 1.165) is 44.7 Å². The molecule has 0 bridgehead atoms.